The van der Waals surface area contributed by atoms with Gasteiger partial charge in [0.15, 0.2) is 0 Å². The summed E-state index contributed by atoms with van der Waals surface area (Å²) >= 11 is 6.91. The summed E-state index contributed by atoms with van der Waals surface area (Å²) in [6.07, 6.45) is 1.16. The van der Waals surface area contributed by atoms with Crippen LogP contribution in [-0.4, -0.2) is 61.0 Å². The molecule has 0 spiro atoms. The average molecular weight is 386 g/mol. The molecule has 1 aromatic carbocycles. The first-order valence-electron chi connectivity index (χ1n) is 8.17. The Morgan fingerprint density at radius 1 is 1.40 bits per heavy atom. The fourth-order valence-electron chi connectivity index (χ4n) is 2.69. The van der Waals surface area contributed by atoms with E-state index in [1.165, 1.54) is 36.0 Å². The lowest BCUT2D eigenvalue weighted by atomic mass is 10.0. The summed E-state index contributed by atoms with van der Waals surface area (Å²) in [7, 11) is 0. The molecule has 0 bridgehead atoms. The molecule has 0 amide bonds. The molecule has 1 saturated heterocycles. The molecule has 138 valence electrons. The number of nitro benzene ring substituents is 1. The number of aliphatic hydroxyl groups is 2. The molecule has 7 nitrogen and oxygen atoms in total. The molecule has 2 N–H and O–H groups in total. The number of hydrogen-bond acceptors (Lipinski definition) is 7. The maximum atomic E-state index is 10.7. The van der Waals surface area contributed by atoms with Gasteiger partial charge in [0.05, 0.1) is 36.2 Å². The van der Waals surface area contributed by atoms with Crippen LogP contribution in [0, 0.1) is 10.1 Å². The van der Waals surface area contributed by atoms with Crippen LogP contribution < -0.4 is 0 Å². The van der Waals surface area contributed by atoms with Crippen LogP contribution in [0.5, 0.6) is 0 Å². The van der Waals surface area contributed by atoms with Crippen LogP contribution in [-0.2, 0) is 0 Å². The van der Waals surface area contributed by atoms with Gasteiger partial charge in [0, 0.05) is 18.7 Å². The van der Waals surface area contributed by atoms with Gasteiger partial charge >= 0.3 is 0 Å². The van der Waals surface area contributed by atoms with E-state index in [1.807, 2.05) is 4.90 Å². The molecule has 1 aromatic rings. The van der Waals surface area contributed by atoms with E-state index in [2.05, 4.69) is 11.8 Å². The van der Waals surface area contributed by atoms with E-state index in [9.17, 15) is 20.3 Å². The number of hydrogen-bond donors (Lipinski definition) is 2. The van der Waals surface area contributed by atoms with Crippen molar-refractivity contribution in [2.45, 2.75) is 31.9 Å². The Morgan fingerprint density at radius 2 is 2.08 bits per heavy atom. The molecule has 1 aliphatic rings. The van der Waals surface area contributed by atoms with Gasteiger partial charge in [-0.25, -0.2) is 0 Å². The Balaban J connectivity index is 2.09. The summed E-state index contributed by atoms with van der Waals surface area (Å²) in [6, 6.07) is 5.28. The molecular weight excluding hydrogens is 362 g/mol. The minimum Gasteiger partial charge on any atom is -0.395 e. The zero-order chi connectivity index (χ0) is 18.4. The molecule has 9 heteroatoms. The van der Waals surface area contributed by atoms with Crippen LogP contribution in [0.25, 0.3) is 0 Å². The number of benzene rings is 1. The van der Waals surface area contributed by atoms with E-state index < -0.39 is 17.1 Å². The highest BCUT2D eigenvalue weighted by molar-refractivity contribution is 8.22. The molecule has 0 aliphatic carbocycles. The Morgan fingerprint density at radius 3 is 2.64 bits per heavy atom. The first kappa shape index (κ1) is 20.1. The Labute approximate surface area is 156 Å². The standard InChI is InChI=1S/C16H23N3O4S2/c1-2-3-8-17-10-18(11-25-16(17)24)14(9-20)15(21)12-4-6-13(7-5-12)19(22)23/h4-7,14-15,20-21H,2-3,8-11H2,1H3/t14-,15-/m1/s1. The first-order chi connectivity index (χ1) is 12.0. The molecule has 0 radical (unpaired) electrons. The highest BCUT2D eigenvalue weighted by atomic mass is 32.2. The SMILES string of the molecule is CCCCN1CN([C@H](CO)[C@H](O)c2ccc([N+](=O)[O-])cc2)CSC1=S. The monoisotopic (exact) mass is 385 g/mol. The van der Waals surface area contributed by atoms with E-state index in [0.717, 1.165) is 23.7 Å². The highest BCUT2D eigenvalue weighted by Gasteiger charge is 2.32. The zero-order valence-electron chi connectivity index (χ0n) is 14.1. The summed E-state index contributed by atoms with van der Waals surface area (Å²) in [5.41, 5.74) is 0.518. The van der Waals surface area contributed by atoms with Gasteiger partial charge in [0.2, 0.25) is 0 Å². The van der Waals surface area contributed by atoms with Crippen molar-refractivity contribution < 1.29 is 15.1 Å². The van der Waals surface area contributed by atoms with Gasteiger partial charge in [-0.15, -0.1) is 0 Å². The number of non-ortho nitro benzene ring substituents is 1. The van der Waals surface area contributed by atoms with Crippen molar-refractivity contribution in [1.29, 1.82) is 0 Å². The van der Waals surface area contributed by atoms with E-state index in [4.69, 9.17) is 12.2 Å². The van der Waals surface area contributed by atoms with Gasteiger partial charge in [-0.2, -0.15) is 0 Å². The second-order valence-electron chi connectivity index (χ2n) is 5.93. The van der Waals surface area contributed by atoms with Gasteiger partial charge < -0.3 is 15.1 Å². The number of thiocarbonyl (C=S) groups is 1. The fourth-order valence-corrected chi connectivity index (χ4v) is 3.88. The zero-order valence-corrected chi connectivity index (χ0v) is 15.7. The van der Waals surface area contributed by atoms with Crippen molar-refractivity contribution in [2.24, 2.45) is 0 Å². The predicted octanol–water partition coefficient (Wildman–Crippen LogP) is 2.34. The molecule has 0 unspecified atom stereocenters. The van der Waals surface area contributed by atoms with Crippen molar-refractivity contribution in [1.82, 2.24) is 9.80 Å². The van der Waals surface area contributed by atoms with Crippen molar-refractivity contribution in [3.05, 3.63) is 39.9 Å². The molecule has 1 heterocycles. The third-order valence-corrected chi connectivity index (χ3v) is 5.79. The lowest BCUT2D eigenvalue weighted by molar-refractivity contribution is -0.384. The number of aliphatic hydroxyl groups excluding tert-OH is 2. The maximum Gasteiger partial charge on any atom is 0.269 e. The number of thioether (sulfide) groups is 1. The van der Waals surface area contributed by atoms with Crippen LogP contribution in [0.1, 0.15) is 31.4 Å². The number of nitro groups is 1. The Hall–Kier alpha value is -1.26. The third-order valence-electron chi connectivity index (χ3n) is 4.21. The van der Waals surface area contributed by atoms with E-state index in [0.29, 0.717) is 18.1 Å². The maximum absolute atomic E-state index is 10.7. The molecule has 0 aromatic heterocycles. The first-order valence-corrected chi connectivity index (χ1v) is 9.56. The number of unbranched alkanes of at least 4 members (excludes halogenated alkanes) is 1. The van der Waals surface area contributed by atoms with Gasteiger partial charge in [0.1, 0.15) is 4.32 Å². The molecule has 2 atom stereocenters. The normalized spacial score (nSPS) is 18.2. The molecule has 1 aliphatic heterocycles. The highest BCUT2D eigenvalue weighted by Crippen LogP contribution is 2.28. The van der Waals surface area contributed by atoms with Gasteiger partial charge in [-0.05, 0) is 24.1 Å². The van der Waals surface area contributed by atoms with Crippen LogP contribution in [0.2, 0.25) is 0 Å². The van der Waals surface area contributed by atoms with Crippen LogP contribution >= 0.6 is 24.0 Å². The van der Waals surface area contributed by atoms with Gasteiger partial charge in [0.25, 0.3) is 5.69 Å². The van der Waals surface area contributed by atoms with Crippen molar-refractivity contribution >= 4 is 34.0 Å². The van der Waals surface area contributed by atoms with E-state index in [1.54, 1.807) is 0 Å². The summed E-state index contributed by atoms with van der Waals surface area (Å²) in [5.74, 6) is 0.594. The lowest BCUT2D eigenvalue weighted by Gasteiger charge is -2.41. The van der Waals surface area contributed by atoms with Crippen molar-refractivity contribution in [3.8, 4) is 0 Å². The predicted molar refractivity (Wildman–Crippen MR) is 102 cm³/mol. The number of rotatable bonds is 8. The summed E-state index contributed by atoms with van der Waals surface area (Å²) in [4.78, 5) is 14.3. The second-order valence-corrected chi connectivity index (χ2v) is 7.51. The summed E-state index contributed by atoms with van der Waals surface area (Å²) < 4.78 is 0.839. The second kappa shape index (κ2) is 9.44. The van der Waals surface area contributed by atoms with Gasteiger partial charge in [-0.3, -0.25) is 15.0 Å². The Bertz CT molecular complexity index is 600. The molecular formula is C16H23N3O4S2. The van der Waals surface area contributed by atoms with Crippen LogP contribution in [0.3, 0.4) is 0 Å². The summed E-state index contributed by atoms with van der Waals surface area (Å²) in [6.45, 7) is 3.31. The van der Waals surface area contributed by atoms with E-state index in [-0.39, 0.29) is 12.3 Å². The molecule has 25 heavy (non-hydrogen) atoms. The quantitative estimate of drug-likeness (QED) is 0.400. The third kappa shape index (κ3) is 5.11. The van der Waals surface area contributed by atoms with E-state index >= 15 is 0 Å². The molecule has 1 fully saturated rings. The molecule has 0 saturated carbocycles. The van der Waals surface area contributed by atoms with Crippen molar-refractivity contribution in [3.63, 3.8) is 0 Å². The number of nitrogens with zero attached hydrogens (tertiary/aromatic N) is 3. The van der Waals surface area contributed by atoms with Crippen LogP contribution in [0.15, 0.2) is 24.3 Å². The minimum absolute atomic E-state index is 0.0267. The topological polar surface area (TPSA) is 90.1 Å². The average Bonchev–Trinajstić information content (AvgIpc) is 2.62. The molecule has 2 rings (SSSR count). The Kier molecular flexibility index (Phi) is 7.57. The largest absolute Gasteiger partial charge is 0.395 e. The lowest BCUT2D eigenvalue weighted by Crippen LogP contribution is -2.52. The minimum atomic E-state index is -0.939. The van der Waals surface area contributed by atoms with Crippen molar-refractivity contribution in [2.75, 3.05) is 25.7 Å². The fraction of sp³-hybridized carbons (Fsp3) is 0.562. The summed E-state index contributed by atoms with van der Waals surface area (Å²) in [5, 5.41) is 31.2. The van der Waals surface area contributed by atoms with Crippen LogP contribution in [0.4, 0.5) is 5.69 Å². The smallest absolute Gasteiger partial charge is 0.269 e. The van der Waals surface area contributed by atoms with Gasteiger partial charge in [-0.1, -0.05) is 37.3 Å².